The Labute approximate surface area is 158 Å². The van der Waals surface area contributed by atoms with E-state index >= 15 is 0 Å². The Morgan fingerprint density at radius 1 is 1.22 bits per heavy atom. The van der Waals surface area contributed by atoms with Crippen LogP contribution in [0.15, 0.2) is 23.1 Å². The molecule has 1 aliphatic heterocycles. The van der Waals surface area contributed by atoms with Crippen LogP contribution < -0.4 is 10.1 Å². The Hall–Kier alpha value is -2.13. The van der Waals surface area contributed by atoms with Crippen LogP contribution in [0, 0.1) is 5.92 Å². The monoisotopic (exact) mass is 396 g/mol. The van der Waals surface area contributed by atoms with Gasteiger partial charge in [-0.2, -0.15) is 4.31 Å². The number of hydrogen-bond donors (Lipinski definition) is 1. The highest BCUT2D eigenvalue weighted by molar-refractivity contribution is 7.89. The lowest BCUT2D eigenvalue weighted by Gasteiger charge is -2.19. The first-order chi connectivity index (χ1) is 12.9. The van der Waals surface area contributed by atoms with Crippen molar-refractivity contribution in [1.29, 1.82) is 0 Å². The quantitative estimate of drug-likeness (QED) is 0.672. The molecule has 148 valence electrons. The van der Waals surface area contributed by atoms with Gasteiger partial charge < -0.3 is 14.8 Å². The average molecular weight is 396 g/mol. The van der Waals surface area contributed by atoms with E-state index in [0.717, 1.165) is 25.7 Å². The number of rotatable bonds is 8. The van der Waals surface area contributed by atoms with Gasteiger partial charge in [0.25, 0.3) is 5.91 Å². The van der Waals surface area contributed by atoms with E-state index in [1.165, 1.54) is 16.4 Å². The van der Waals surface area contributed by atoms with E-state index in [1.807, 2.05) is 0 Å². The maximum Gasteiger partial charge on any atom is 0.309 e. The van der Waals surface area contributed by atoms with Gasteiger partial charge >= 0.3 is 5.97 Å². The van der Waals surface area contributed by atoms with Crippen LogP contribution in [0.3, 0.4) is 0 Å². The fraction of sp³-hybridized carbons (Fsp3) is 0.556. The summed E-state index contributed by atoms with van der Waals surface area (Å²) in [5.74, 6) is -0.713. The van der Waals surface area contributed by atoms with Crippen LogP contribution in [-0.2, 0) is 24.3 Å². The van der Waals surface area contributed by atoms with Crippen LogP contribution in [0.1, 0.15) is 32.6 Å². The summed E-state index contributed by atoms with van der Waals surface area (Å²) in [6.45, 7) is 2.65. The minimum absolute atomic E-state index is 0.0269. The van der Waals surface area contributed by atoms with E-state index < -0.39 is 22.5 Å². The predicted molar refractivity (Wildman–Crippen MR) is 97.9 cm³/mol. The second-order valence-electron chi connectivity index (χ2n) is 6.64. The number of nitrogens with one attached hydrogen (secondary N) is 1. The van der Waals surface area contributed by atoms with Gasteiger partial charge in [-0.3, -0.25) is 9.59 Å². The van der Waals surface area contributed by atoms with Crippen molar-refractivity contribution in [3.8, 4) is 5.75 Å². The molecule has 0 spiro atoms. The molecular formula is C18H24N2O6S. The van der Waals surface area contributed by atoms with E-state index in [0.29, 0.717) is 25.4 Å². The number of ether oxygens (including phenoxy) is 2. The van der Waals surface area contributed by atoms with Crippen LogP contribution in [0.4, 0.5) is 5.69 Å². The third-order valence-corrected chi connectivity index (χ3v) is 6.39. The van der Waals surface area contributed by atoms with E-state index in [9.17, 15) is 18.0 Å². The topological polar surface area (TPSA) is 102 Å². The Balaban J connectivity index is 1.74. The average Bonchev–Trinajstić information content (AvgIpc) is 3.34. The highest BCUT2D eigenvalue weighted by Crippen LogP contribution is 2.32. The molecule has 0 unspecified atom stereocenters. The van der Waals surface area contributed by atoms with Gasteiger partial charge in [-0.1, -0.05) is 0 Å². The second-order valence-corrected chi connectivity index (χ2v) is 8.54. The van der Waals surface area contributed by atoms with Gasteiger partial charge in [0.05, 0.1) is 12.5 Å². The Kier molecular flexibility index (Phi) is 6.01. The zero-order valence-electron chi connectivity index (χ0n) is 15.3. The van der Waals surface area contributed by atoms with E-state index in [-0.39, 0.29) is 22.5 Å². The third kappa shape index (κ3) is 4.78. The van der Waals surface area contributed by atoms with Gasteiger partial charge in [0, 0.05) is 18.8 Å². The van der Waals surface area contributed by atoms with Crippen LogP contribution in [0.5, 0.6) is 5.75 Å². The van der Waals surface area contributed by atoms with Crippen molar-refractivity contribution in [1.82, 2.24) is 4.31 Å². The number of hydrogen-bond acceptors (Lipinski definition) is 6. The maximum absolute atomic E-state index is 12.9. The molecule has 9 heteroatoms. The molecule has 8 nitrogen and oxygen atoms in total. The molecule has 1 aromatic carbocycles. The lowest BCUT2D eigenvalue weighted by Crippen LogP contribution is -2.28. The van der Waals surface area contributed by atoms with Crippen molar-refractivity contribution in [2.75, 3.05) is 31.6 Å². The maximum atomic E-state index is 12.9. The summed E-state index contributed by atoms with van der Waals surface area (Å²) in [5.41, 5.74) is 0.309. The number of anilines is 1. The molecule has 2 fully saturated rings. The van der Waals surface area contributed by atoms with Crippen LogP contribution in [-0.4, -0.2) is 50.9 Å². The SMILES string of the molecule is CCOc1ccc(NC(=O)COC(=O)C2CC2)cc1S(=O)(=O)N1CCCC1. The van der Waals surface area contributed by atoms with Gasteiger partial charge in [0.2, 0.25) is 10.0 Å². The van der Waals surface area contributed by atoms with E-state index in [1.54, 1.807) is 13.0 Å². The zero-order chi connectivity index (χ0) is 19.4. The standard InChI is InChI=1S/C18H24N2O6S/c1-2-25-15-8-7-14(19-17(21)12-26-18(22)13-5-6-13)11-16(15)27(23,24)20-9-3-4-10-20/h7-8,11,13H,2-6,9-10,12H2,1H3,(H,19,21). The number of amides is 1. The molecule has 1 heterocycles. The van der Waals surface area contributed by atoms with Crippen molar-refractivity contribution in [2.24, 2.45) is 5.92 Å². The molecule has 0 bridgehead atoms. The fourth-order valence-corrected chi connectivity index (χ4v) is 4.57. The number of sulfonamides is 1. The summed E-state index contributed by atoms with van der Waals surface area (Å²) in [6.07, 6.45) is 3.26. The molecule has 1 aromatic rings. The first-order valence-electron chi connectivity index (χ1n) is 9.15. The summed E-state index contributed by atoms with van der Waals surface area (Å²) < 4.78 is 37.7. The normalized spacial score (nSPS) is 17.5. The summed E-state index contributed by atoms with van der Waals surface area (Å²) in [4.78, 5) is 23.5. The van der Waals surface area contributed by atoms with Gasteiger partial charge in [0.1, 0.15) is 10.6 Å². The molecule has 1 N–H and O–H groups in total. The van der Waals surface area contributed by atoms with Crippen molar-refractivity contribution in [3.63, 3.8) is 0 Å². The first-order valence-corrected chi connectivity index (χ1v) is 10.6. The van der Waals surface area contributed by atoms with E-state index in [2.05, 4.69) is 5.32 Å². The highest BCUT2D eigenvalue weighted by atomic mass is 32.2. The molecule has 1 amide bonds. The zero-order valence-corrected chi connectivity index (χ0v) is 16.1. The minimum atomic E-state index is -3.71. The summed E-state index contributed by atoms with van der Waals surface area (Å²) in [6, 6.07) is 4.48. The fourth-order valence-electron chi connectivity index (χ4n) is 2.90. The lowest BCUT2D eigenvalue weighted by atomic mass is 10.3. The molecule has 0 radical (unpaired) electrons. The molecule has 27 heavy (non-hydrogen) atoms. The minimum Gasteiger partial charge on any atom is -0.492 e. The van der Waals surface area contributed by atoms with Gasteiger partial charge in [-0.25, -0.2) is 8.42 Å². The molecule has 1 aliphatic carbocycles. The van der Waals surface area contributed by atoms with Gasteiger partial charge in [-0.05, 0) is 50.8 Å². The first kappa shape index (κ1) is 19.6. The van der Waals surface area contributed by atoms with Crippen LogP contribution in [0.2, 0.25) is 0 Å². The molecular weight excluding hydrogens is 372 g/mol. The lowest BCUT2D eigenvalue weighted by molar-refractivity contribution is -0.148. The van der Waals surface area contributed by atoms with Crippen molar-refractivity contribution >= 4 is 27.6 Å². The number of benzene rings is 1. The largest absolute Gasteiger partial charge is 0.492 e. The Morgan fingerprint density at radius 3 is 2.56 bits per heavy atom. The van der Waals surface area contributed by atoms with E-state index in [4.69, 9.17) is 9.47 Å². The van der Waals surface area contributed by atoms with Gasteiger partial charge in [-0.15, -0.1) is 0 Å². The Morgan fingerprint density at radius 2 is 1.93 bits per heavy atom. The number of carbonyl (C=O) groups is 2. The molecule has 0 atom stereocenters. The summed E-state index contributed by atoms with van der Waals surface area (Å²) >= 11 is 0. The van der Waals surface area contributed by atoms with Gasteiger partial charge in [0.15, 0.2) is 6.61 Å². The summed E-state index contributed by atoms with van der Waals surface area (Å²) in [7, 11) is -3.71. The molecule has 3 rings (SSSR count). The van der Waals surface area contributed by atoms with Crippen LogP contribution >= 0.6 is 0 Å². The number of nitrogens with zero attached hydrogens (tertiary/aromatic N) is 1. The number of esters is 1. The van der Waals surface area contributed by atoms with Crippen LogP contribution in [0.25, 0.3) is 0 Å². The molecule has 1 saturated heterocycles. The smallest absolute Gasteiger partial charge is 0.309 e. The van der Waals surface area contributed by atoms with Crippen molar-refractivity contribution < 1.29 is 27.5 Å². The van der Waals surface area contributed by atoms with Crippen molar-refractivity contribution in [2.45, 2.75) is 37.5 Å². The summed E-state index contributed by atoms with van der Waals surface area (Å²) in [5, 5.41) is 2.57. The predicted octanol–water partition coefficient (Wildman–Crippen LogP) is 1.76. The molecule has 0 aromatic heterocycles. The molecule has 2 aliphatic rings. The third-order valence-electron chi connectivity index (χ3n) is 4.47. The van der Waals surface area contributed by atoms with Crippen molar-refractivity contribution in [3.05, 3.63) is 18.2 Å². The second kappa shape index (κ2) is 8.26. The Bertz CT molecular complexity index is 813. The highest BCUT2D eigenvalue weighted by Gasteiger charge is 2.32. The molecule has 1 saturated carbocycles. The number of carbonyl (C=O) groups excluding carboxylic acids is 2.